The van der Waals surface area contributed by atoms with E-state index in [4.69, 9.17) is 64.2 Å². The van der Waals surface area contributed by atoms with Gasteiger partial charge in [-0.2, -0.15) is 9.59 Å². The second-order valence-electron chi connectivity index (χ2n) is 7.85. The Kier molecular flexibility index (Phi) is 90.4. The van der Waals surface area contributed by atoms with E-state index in [-0.39, 0.29) is 67.5 Å². The van der Waals surface area contributed by atoms with Crippen LogP contribution in [0.5, 0.6) is 0 Å². The van der Waals surface area contributed by atoms with Gasteiger partial charge in [-0.1, -0.05) is 14.1 Å². The first-order valence-electron chi connectivity index (χ1n) is 13.5. The molecule has 7 N–H and O–H groups in total. The summed E-state index contributed by atoms with van der Waals surface area (Å²) in [5.74, 6) is 0. The van der Waals surface area contributed by atoms with E-state index in [0.717, 1.165) is 13.7 Å². The van der Waals surface area contributed by atoms with Gasteiger partial charge in [0.05, 0.1) is 57.5 Å². The molecule has 3 heterocycles. The molecule has 0 bridgehead atoms. The van der Waals surface area contributed by atoms with Gasteiger partial charge < -0.3 is 73.7 Å². The van der Waals surface area contributed by atoms with Crippen molar-refractivity contribution in [2.45, 2.75) is 92.1 Å². The minimum atomic E-state index is -0.977. The highest BCUT2D eigenvalue weighted by Crippen LogP contribution is 2.06. The SMILES string of the molecule is C.C=O.CC(CO)OC=O.CC(CO)OCO.CC(O)CO.CC1CO1.CC1COC(=O)O1.CC1COC(O)O1.CO.CP.O=C=O.O=P.[HH].[HH]. The molecule has 3 fully saturated rings. The summed E-state index contributed by atoms with van der Waals surface area (Å²) in [5.41, 5.74) is 0. The maximum absolute atomic E-state index is 10.0. The second kappa shape index (κ2) is 64.4. The summed E-state index contributed by atoms with van der Waals surface area (Å²) in [7, 11) is 5.14. The van der Waals surface area contributed by atoms with Gasteiger partial charge >= 0.3 is 12.3 Å². The predicted octanol–water partition coefficient (Wildman–Crippen LogP) is -0.188. The van der Waals surface area contributed by atoms with E-state index in [1.54, 1.807) is 29.9 Å². The zero-order valence-corrected chi connectivity index (χ0v) is 30.9. The molecule has 0 aromatic carbocycles. The Morgan fingerprint density at radius 1 is 0.918 bits per heavy atom. The summed E-state index contributed by atoms with van der Waals surface area (Å²) in [6.07, 6.45) is -0.882. The number of hydrogen-bond donors (Lipinski definition) is 7. The van der Waals surface area contributed by atoms with Crippen molar-refractivity contribution in [2.75, 3.05) is 60.2 Å². The van der Waals surface area contributed by atoms with Crippen LogP contribution in [0.15, 0.2) is 0 Å². The van der Waals surface area contributed by atoms with Crippen LogP contribution in [0.1, 0.15) is 51.8 Å². The molecular formula is C27H66O20P2. The lowest BCUT2D eigenvalue weighted by Gasteiger charge is -2.04. The molecule has 3 rings (SSSR count). The molecule has 0 saturated carbocycles. The van der Waals surface area contributed by atoms with Crippen LogP contribution < -0.4 is 0 Å². The van der Waals surface area contributed by atoms with Crippen LogP contribution in [0, 0.1) is 0 Å². The Bertz CT molecular complexity index is 629. The fourth-order valence-corrected chi connectivity index (χ4v) is 1.33. The molecule has 3 saturated heterocycles. The van der Waals surface area contributed by atoms with Gasteiger partial charge in [0.2, 0.25) is 0 Å². The number of epoxide rings is 1. The van der Waals surface area contributed by atoms with Crippen molar-refractivity contribution in [2.24, 2.45) is 0 Å². The van der Waals surface area contributed by atoms with E-state index >= 15 is 0 Å². The third-order valence-corrected chi connectivity index (χ3v) is 3.48. The topological polar surface area (TPSA) is 312 Å². The summed E-state index contributed by atoms with van der Waals surface area (Å²) in [4.78, 5) is 43.7. The summed E-state index contributed by atoms with van der Waals surface area (Å²) in [5, 5.41) is 55.9. The molecule has 49 heavy (non-hydrogen) atoms. The number of hydrogen-bond acceptors (Lipinski definition) is 20. The van der Waals surface area contributed by atoms with E-state index in [0.29, 0.717) is 25.8 Å². The third kappa shape index (κ3) is 92.6. The lowest BCUT2D eigenvalue weighted by molar-refractivity contribution is -0.202. The van der Waals surface area contributed by atoms with Gasteiger partial charge in [-0.25, -0.2) is 4.79 Å². The van der Waals surface area contributed by atoms with E-state index in [2.05, 4.69) is 39.8 Å². The number of carbonyl (C=O) groups is 3. The molecule has 0 spiro atoms. The van der Waals surface area contributed by atoms with E-state index in [1.807, 2.05) is 20.4 Å². The lowest BCUT2D eigenvalue weighted by Crippen LogP contribution is -2.12. The minimum absolute atomic E-state index is 0. The van der Waals surface area contributed by atoms with Crippen molar-refractivity contribution in [1.29, 1.82) is 0 Å². The number of ether oxygens (including phenoxy) is 7. The van der Waals surface area contributed by atoms with Crippen molar-refractivity contribution < 1.29 is 100 Å². The van der Waals surface area contributed by atoms with E-state index < -0.39 is 18.7 Å². The van der Waals surface area contributed by atoms with E-state index in [9.17, 15) is 9.59 Å². The van der Waals surface area contributed by atoms with Gasteiger partial charge in [-0.15, -0.1) is 9.24 Å². The van der Waals surface area contributed by atoms with E-state index in [1.165, 1.54) is 6.92 Å². The first-order valence-corrected chi connectivity index (χ1v) is 15.1. The number of carbonyl (C=O) groups excluding carboxylic acids is 5. The Hall–Kier alpha value is -2.12. The molecule has 22 heteroatoms. The van der Waals surface area contributed by atoms with Crippen molar-refractivity contribution in [3.63, 3.8) is 0 Å². The van der Waals surface area contributed by atoms with Crippen LogP contribution in [0.25, 0.3) is 0 Å². The van der Waals surface area contributed by atoms with Gasteiger partial charge in [-0.05, 0) is 41.5 Å². The Morgan fingerprint density at radius 3 is 1.39 bits per heavy atom. The van der Waals surface area contributed by atoms with Crippen LogP contribution in [-0.2, 0) is 56.9 Å². The number of rotatable bonds is 7. The van der Waals surface area contributed by atoms with Crippen molar-refractivity contribution in [3.8, 4) is 0 Å². The standard InChI is InChI=1S/C4H8O3.C4H6O3.C4H10O3.C4H8O3.C3H8O2.C3H6O.CO2.CH4O.CH2O.CH5P.CH4.HOP.2H2/c2*1-3-2-6-4(5)7-3;2*1-4(2-5)7-3-6;1-3(5)2-4;1-3-2-4-3;2-1-3;3*1-2;;1-2;;/h3-5H,2H2,1H3;3H,2H2,1H3;4-6H,2-3H2,1H3;3-5H,2H2,1H3;3-5H,2H2,1H3;3H,2H2,1H3;;2H,1H3;1H2;2H2,1H3;1H4;2H;2*1H. The first kappa shape index (κ1) is 68.8. The average molecular weight is 773 g/mol. The maximum atomic E-state index is 10.0. The molecule has 0 aromatic rings. The van der Waals surface area contributed by atoms with Gasteiger partial charge in [0, 0.05) is 9.96 Å². The van der Waals surface area contributed by atoms with Crippen LogP contribution in [-0.4, -0.2) is 165 Å². The summed E-state index contributed by atoms with van der Waals surface area (Å²) in [6.45, 7) is 15.0. The summed E-state index contributed by atoms with van der Waals surface area (Å²) in [6, 6.07) is 0. The summed E-state index contributed by atoms with van der Waals surface area (Å²) >= 11 is 0. The van der Waals surface area contributed by atoms with Crippen molar-refractivity contribution >= 4 is 43.9 Å². The van der Waals surface area contributed by atoms with Crippen molar-refractivity contribution in [1.82, 2.24) is 0 Å². The van der Waals surface area contributed by atoms with Gasteiger partial charge in [0.15, 0.2) is 0 Å². The zero-order valence-electron chi connectivity index (χ0n) is 28.8. The van der Waals surface area contributed by atoms with Gasteiger partial charge in [0.25, 0.3) is 12.9 Å². The molecular weight excluding hydrogens is 706 g/mol. The highest BCUT2D eigenvalue weighted by Gasteiger charge is 2.19. The Labute approximate surface area is 296 Å². The second-order valence-corrected chi connectivity index (χ2v) is 7.85. The van der Waals surface area contributed by atoms with Gasteiger partial charge in [-0.3, -0.25) is 9.36 Å². The Balaban J connectivity index is -0.0000000394. The van der Waals surface area contributed by atoms with Crippen LogP contribution >= 0.6 is 18.4 Å². The lowest BCUT2D eigenvalue weighted by atomic mass is 10.4. The molecule has 304 valence electrons. The van der Waals surface area contributed by atoms with Crippen molar-refractivity contribution in [3.05, 3.63) is 0 Å². The van der Waals surface area contributed by atoms with Gasteiger partial charge in [0.1, 0.15) is 41.5 Å². The molecule has 3 aliphatic rings. The van der Waals surface area contributed by atoms with Crippen LogP contribution in [0.3, 0.4) is 0 Å². The molecule has 0 aliphatic carbocycles. The first-order chi connectivity index (χ1) is 22.8. The molecule has 0 aromatic heterocycles. The zero-order chi connectivity index (χ0) is 39.9. The third-order valence-electron chi connectivity index (χ3n) is 3.48. The smallest absolute Gasteiger partial charge is 0.462 e. The Morgan fingerprint density at radius 2 is 1.31 bits per heavy atom. The molecule has 0 radical (unpaired) electrons. The molecule has 8 atom stereocenters. The number of aliphatic hydroxyl groups excluding tert-OH is 7. The molecule has 3 aliphatic heterocycles. The maximum Gasteiger partial charge on any atom is 0.508 e. The largest absolute Gasteiger partial charge is 0.508 e. The highest BCUT2D eigenvalue weighted by atomic mass is 31.0. The quantitative estimate of drug-likeness (QED) is 0.0580. The average Bonchev–Trinajstić information content (AvgIpc) is 3.65. The molecule has 20 nitrogen and oxygen atoms in total. The van der Waals surface area contributed by atoms with Crippen LogP contribution in [0.4, 0.5) is 4.79 Å². The monoisotopic (exact) mass is 772 g/mol. The summed E-state index contributed by atoms with van der Waals surface area (Å²) < 4.78 is 39.7. The van der Waals surface area contributed by atoms with Crippen LogP contribution in [0.2, 0.25) is 0 Å². The number of cyclic esters (lactones) is 2. The fourth-order valence-electron chi connectivity index (χ4n) is 1.33. The minimum Gasteiger partial charge on any atom is -0.462 e. The number of aliphatic hydroxyl groups is 7. The normalized spacial score (nSPS) is 19.4. The fraction of sp³-hybridized carbons (Fsp3) is 0.852. The molecule has 0 amide bonds. The molecule has 8 unspecified atom stereocenters. The predicted molar refractivity (Wildman–Crippen MR) is 183 cm³/mol. The highest BCUT2D eigenvalue weighted by molar-refractivity contribution is 7.15.